The number of nitrogens with one attached hydrogen (secondary N) is 3. The summed E-state index contributed by atoms with van der Waals surface area (Å²) in [5, 5.41) is 18.6. The summed E-state index contributed by atoms with van der Waals surface area (Å²) in [6, 6.07) is 11.3. The zero-order valence-electron chi connectivity index (χ0n) is 42.6. The van der Waals surface area contributed by atoms with Gasteiger partial charge >= 0.3 is 5.97 Å². The van der Waals surface area contributed by atoms with Crippen LogP contribution in [0.15, 0.2) is 72.9 Å². The van der Waals surface area contributed by atoms with E-state index in [1.165, 1.54) is 53.9 Å². The van der Waals surface area contributed by atoms with Crippen molar-refractivity contribution in [3.8, 4) is 5.75 Å². The number of anilines is 1. The van der Waals surface area contributed by atoms with Crippen LogP contribution in [0, 0.1) is 5.92 Å². The number of aromatic nitrogens is 1. The lowest BCUT2D eigenvalue weighted by Gasteiger charge is -2.42. The first-order valence-corrected chi connectivity index (χ1v) is 26.9. The number of fused-ring (bicyclic) bond motifs is 2. The monoisotopic (exact) mass is 1040 g/mol. The molecule has 4 heterocycles. The van der Waals surface area contributed by atoms with Crippen molar-refractivity contribution >= 4 is 77.3 Å². The maximum absolute atomic E-state index is 15.6. The average molecular weight is 1040 g/mol. The zero-order valence-corrected chi connectivity index (χ0v) is 44.3. The summed E-state index contributed by atoms with van der Waals surface area (Å²) in [6.45, 7) is 4.54. The summed E-state index contributed by atoms with van der Waals surface area (Å²) in [7, 11) is 5.31. The Bertz CT molecular complexity index is 2470. The van der Waals surface area contributed by atoms with Gasteiger partial charge in [0.05, 0.1) is 0 Å². The molecule has 3 aliphatic heterocycles. The van der Waals surface area contributed by atoms with E-state index in [2.05, 4.69) is 33.6 Å². The minimum absolute atomic E-state index is 0.0168. The molecule has 0 saturated carbocycles. The molecule has 3 aliphatic rings. The second-order valence-electron chi connectivity index (χ2n) is 19.5. The van der Waals surface area contributed by atoms with E-state index in [1.54, 1.807) is 49.0 Å². The van der Waals surface area contributed by atoms with Crippen molar-refractivity contribution in [2.45, 2.75) is 120 Å². The van der Waals surface area contributed by atoms with Gasteiger partial charge in [0, 0.05) is 70.6 Å². The first kappa shape index (κ1) is 56.2. The number of aromatic hydroxyl groups is 1. The molecule has 0 bridgehead atoms. The van der Waals surface area contributed by atoms with Gasteiger partial charge in [-0.05, 0) is 92.8 Å². The maximum atomic E-state index is 15.6. The molecular formula is C53H70N8O10S2. The Labute approximate surface area is 437 Å². The molecule has 1 unspecified atom stereocenters. The molecular weight excluding hydrogens is 973 g/mol. The molecule has 3 aromatic rings. The maximum Gasteiger partial charge on any atom is 0.333 e. The van der Waals surface area contributed by atoms with Gasteiger partial charge in [-0.3, -0.25) is 33.6 Å². The fourth-order valence-electron chi connectivity index (χ4n) is 9.46. The Balaban J connectivity index is 1.45. The van der Waals surface area contributed by atoms with E-state index in [0.29, 0.717) is 17.7 Å². The number of Topliss-reactive ketones (excluding diaryl/α,β-unsaturated/α-hetero) is 1. The lowest BCUT2D eigenvalue weighted by atomic mass is 9.90. The normalized spacial score (nSPS) is 25.7. The summed E-state index contributed by atoms with van der Waals surface area (Å²) in [6.07, 6.45) is 4.12. The highest BCUT2D eigenvalue weighted by Crippen LogP contribution is 2.30. The van der Waals surface area contributed by atoms with Crippen molar-refractivity contribution in [1.82, 2.24) is 35.6 Å². The van der Waals surface area contributed by atoms with E-state index < -0.39 is 101 Å². The number of ketones is 1. The van der Waals surface area contributed by atoms with Crippen molar-refractivity contribution in [3.05, 3.63) is 89.7 Å². The number of piperidine rings is 1. The number of thioether (sulfide) groups is 1. The molecule has 4 N–H and O–H groups in total. The van der Waals surface area contributed by atoms with Crippen molar-refractivity contribution in [3.63, 3.8) is 0 Å². The number of rotatable bonds is 15. The molecule has 6 amide bonds. The van der Waals surface area contributed by atoms with Crippen molar-refractivity contribution in [2.75, 3.05) is 56.4 Å². The number of hydrogen-bond acceptors (Lipinski definition) is 14. The van der Waals surface area contributed by atoms with Crippen LogP contribution in [0.1, 0.15) is 99.8 Å². The molecule has 0 radical (unpaired) electrons. The lowest BCUT2D eigenvalue weighted by Crippen LogP contribution is -2.65. The van der Waals surface area contributed by atoms with Crippen LogP contribution in [0.4, 0.5) is 5.69 Å². The number of thiol groups is 1. The third-order valence-corrected chi connectivity index (χ3v) is 15.6. The predicted octanol–water partition coefficient (Wildman–Crippen LogP) is 4.11. The topological polar surface area (TPSA) is 228 Å². The molecule has 1 aromatic heterocycles. The van der Waals surface area contributed by atoms with Crippen LogP contribution in [-0.4, -0.2) is 159 Å². The Kier molecular flexibility index (Phi) is 19.8. The van der Waals surface area contributed by atoms with Gasteiger partial charge < -0.3 is 45.4 Å². The van der Waals surface area contributed by atoms with Crippen molar-refractivity contribution in [1.29, 1.82) is 0 Å². The fourth-order valence-corrected chi connectivity index (χ4v) is 10.8. The number of pyridine rings is 1. The van der Waals surface area contributed by atoms with E-state index >= 15 is 9.59 Å². The number of amides is 6. The number of benzene rings is 2. The van der Waals surface area contributed by atoms with Crippen LogP contribution in [0.3, 0.4) is 0 Å². The average Bonchev–Trinajstić information content (AvgIpc) is 3.88. The van der Waals surface area contributed by atoms with Gasteiger partial charge in [-0.2, -0.15) is 24.4 Å². The van der Waals surface area contributed by atoms with E-state index in [9.17, 15) is 33.9 Å². The lowest BCUT2D eigenvalue weighted by molar-refractivity contribution is -0.157. The van der Waals surface area contributed by atoms with Crippen LogP contribution in [0.2, 0.25) is 0 Å². The van der Waals surface area contributed by atoms with Crippen LogP contribution >= 0.6 is 24.4 Å². The Morgan fingerprint density at radius 3 is 2.32 bits per heavy atom. The number of hydrogen-bond donors (Lipinski definition) is 5. The summed E-state index contributed by atoms with van der Waals surface area (Å²) in [4.78, 5) is 128. The van der Waals surface area contributed by atoms with Gasteiger partial charge in [0.1, 0.15) is 47.3 Å². The smallest absolute Gasteiger partial charge is 0.333 e. The minimum Gasteiger partial charge on any atom is -0.505 e. The molecule has 20 heteroatoms. The molecule has 0 spiro atoms. The highest BCUT2D eigenvalue weighted by Gasteiger charge is 2.49. The number of ether oxygens (including phenoxy) is 1. The van der Waals surface area contributed by atoms with Gasteiger partial charge in [-0.15, -0.1) is 0 Å². The van der Waals surface area contributed by atoms with E-state index in [0.717, 1.165) is 42.9 Å². The standard InChI is InChI=1S/C53H70N8O10S2/c1-7-53(3)52(70)60-26-16-19-38(60)49(67)59(6)40(29-34-21-23-37(24-22-34)58(4)5)50(68)61-31-36(32-73-28-14-9-8-13-27-72)42(63)30-39(61)46(64)56-44(35-17-11-10-12-18-35)51(69)71-33(2)43(48(66)57-53)55-47(65)45-41(62)20-15-25-54-45/h10-12,15,17-18,20-25,33,36,38-40,43-44,62,72H,7-9,13-14,16,19,26-32H2,1-6H3,(H,55,65)(H,56,64)(H,57,66)/t33-,36?,38+,39+,40+,43+,44+,53+/m1/s1. The molecule has 8 atom stereocenters. The number of carbonyl (C=O) groups is 8. The summed E-state index contributed by atoms with van der Waals surface area (Å²) in [5.74, 6) is -4.93. The van der Waals surface area contributed by atoms with Gasteiger partial charge in [0.15, 0.2) is 11.7 Å². The van der Waals surface area contributed by atoms with E-state index in [-0.39, 0.29) is 50.1 Å². The zero-order chi connectivity index (χ0) is 53.0. The quantitative estimate of drug-likeness (QED) is 0.0822. The van der Waals surface area contributed by atoms with Crippen LogP contribution in [0.5, 0.6) is 5.75 Å². The Hall–Kier alpha value is -6.15. The molecule has 73 heavy (non-hydrogen) atoms. The number of cyclic esters (lactones) is 1. The number of carbonyl (C=O) groups excluding carboxylic acids is 8. The van der Waals surface area contributed by atoms with Gasteiger partial charge in [-0.1, -0.05) is 62.2 Å². The van der Waals surface area contributed by atoms with Gasteiger partial charge in [0.25, 0.3) is 5.91 Å². The number of likely N-dealkylation sites (N-methyl/N-ethyl adjacent to an activating group) is 1. The van der Waals surface area contributed by atoms with Crippen LogP contribution < -0.4 is 20.9 Å². The second kappa shape index (κ2) is 25.7. The molecule has 3 saturated heterocycles. The van der Waals surface area contributed by atoms with Gasteiger partial charge in [0.2, 0.25) is 29.5 Å². The first-order chi connectivity index (χ1) is 34.9. The molecule has 6 rings (SSSR count). The van der Waals surface area contributed by atoms with Gasteiger partial charge in [-0.25, -0.2) is 9.78 Å². The third kappa shape index (κ3) is 13.7. The largest absolute Gasteiger partial charge is 0.505 e. The summed E-state index contributed by atoms with van der Waals surface area (Å²) >= 11 is 5.92. The Morgan fingerprint density at radius 2 is 1.64 bits per heavy atom. The molecule has 18 nitrogen and oxygen atoms in total. The SMILES string of the molecule is CC[C@]1(C)NC(=O)[C@@H](NC(=O)c2ncccc2O)[C@@H](C)OC(=O)[C@H](c2ccccc2)NC(=O)[C@@H]2CC(=O)C(CSCCCCCCS)CN2C(=O)[C@H](Cc2ccc(N(C)C)cc2)N(C)C(=O)[C@@H]2CCCN2C1=O. The van der Waals surface area contributed by atoms with Crippen molar-refractivity contribution in [2.24, 2.45) is 5.92 Å². The van der Waals surface area contributed by atoms with Crippen LogP contribution in [0.25, 0.3) is 0 Å². The molecule has 3 fully saturated rings. The second-order valence-corrected chi connectivity index (χ2v) is 21.1. The Morgan fingerprint density at radius 1 is 0.932 bits per heavy atom. The molecule has 2 aromatic carbocycles. The number of unbranched alkanes of at least 4 members (excludes halogenated alkanes) is 3. The van der Waals surface area contributed by atoms with E-state index in [4.69, 9.17) is 4.74 Å². The number of esters is 1. The highest BCUT2D eigenvalue weighted by molar-refractivity contribution is 7.99. The predicted molar refractivity (Wildman–Crippen MR) is 281 cm³/mol. The minimum atomic E-state index is -1.72. The first-order valence-electron chi connectivity index (χ1n) is 25.1. The molecule has 0 aliphatic carbocycles. The summed E-state index contributed by atoms with van der Waals surface area (Å²) in [5.41, 5.74) is -0.232. The third-order valence-electron chi connectivity index (χ3n) is 14.1. The molecule has 394 valence electrons. The number of nitrogens with zero attached hydrogens (tertiary/aromatic N) is 5. The van der Waals surface area contributed by atoms with E-state index in [1.807, 2.05) is 43.3 Å². The fraction of sp³-hybridized carbons (Fsp3) is 0.528. The summed E-state index contributed by atoms with van der Waals surface area (Å²) < 4.78 is 5.98. The van der Waals surface area contributed by atoms with Crippen molar-refractivity contribution < 1.29 is 48.2 Å². The van der Waals surface area contributed by atoms with Crippen LogP contribution in [-0.2, 0) is 44.7 Å². The highest BCUT2D eigenvalue weighted by atomic mass is 32.2.